The lowest BCUT2D eigenvalue weighted by Gasteiger charge is -2.33. The van der Waals surface area contributed by atoms with Crippen molar-refractivity contribution in [3.05, 3.63) is 29.8 Å². The van der Waals surface area contributed by atoms with Crippen LogP contribution in [0, 0.1) is 5.92 Å². The zero-order valence-corrected chi connectivity index (χ0v) is 18.8. The van der Waals surface area contributed by atoms with E-state index in [2.05, 4.69) is 5.32 Å². The van der Waals surface area contributed by atoms with Crippen LogP contribution in [0.2, 0.25) is 0 Å². The summed E-state index contributed by atoms with van der Waals surface area (Å²) in [5.74, 6) is 0.194. The summed E-state index contributed by atoms with van der Waals surface area (Å²) in [4.78, 5) is 41.7. The lowest BCUT2D eigenvalue weighted by atomic mass is 9.80. The van der Waals surface area contributed by atoms with E-state index in [1.807, 2.05) is 45.0 Å². The number of urea groups is 1. The van der Waals surface area contributed by atoms with E-state index in [9.17, 15) is 14.4 Å². The van der Waals surface area contributed by atoms with E-state index in [4.69, 9.17) is 4.74 Å². The van der Waals surface area contributed by atoms with E-state index in [-0.39, 0.29) is 23.9 Å². The molecule has 0 atom stereocenters. The molecule has 0 unspecified atom stereocenters. The summed E-state index contributed by atoms with van der Waals surface area (Å²) in [6, 6.07) is 7.37. The average Bonchev–Trinajstić information content (AvgIpc) is 3.31. The molecular formula is C24H33N3O4. The molecule has 31 heavy (non-hydrogen) atoms. The molecule has 4 amide bonds. The lowest BCUT2D eigenvalue weighted by Crippen LogP contribution is -2.49. The molecule has 2 aliphatic heterocycles. The van der Waals surface area contributed by atoms with Crippen LogP contribution in [0.3, 0.4) is 0 Å². The first kappa shape index (κ1) is 21.7. The number of hydrogen-bond donors (Lipinski definition) is 1. The van der Waals surface area contributed by atoms with Gasteiger partial charge in [-0.15, -0.1) is 0 Å². The number of benzene rings is 1. The minimum absolute atomic E-state index is 0.0801. The van der Waals surface area contributed by atoms with Crippen molar-refractivity contribution in [2.24, 2.45) is 5.92 Å². The Morgan fingerprint density at radius 3 is 2.42 bits per heavy atom. The predicted octanol–water partition coefficient (Wildman–Crippen LogP) is 4.20. The summed E-state index contributed by atoms with van der Waals surface area (Å²) in [5, 5.41) is 2.99. The third-order valence-corrected chi connectivity index (χ3v) is 6.74. The van der Waals surface area contributed by atoms with Crippen LogP contribution >= 0.6 is 0 Å². The van der Waals surface area contributed by atoms with Crippen LogP contribution in [0.1, 0.15) is 64.9 Å². The van der Waals surface area contributed by atoms with Crippen molar-refractivity contribution < 1.29 is 19.1 Å². The maximum absolute atomic E-state index is 13.3. The molecule has 0 bridgehead atoms. The van der Waals surface area contributed by atoms with Gasteiger partial charge in [0.2, 0.25) is 5.91 Å². The highest BCUT2D eigenvalue weighted by molar-refractivity contribution is 6.22. The molecule has 7 nitrogen and oxygen atoms in total. The predicted molar refractivity (Wildman–Crippen MR) is 118 cm³/mol. The van der Waals surface area contributed by atoms with Crippen molar-refractivity contribution in [1.82, 2.24) is 10.2 Å². The van der Waals surface area contributed by atoms with E-state index >= 15 is 0 Å². The number of likely N-dealkylation sites (tertiary alicyclic amines) is 1. The van der Waals surface area contributed by atoms with Crippen molar-refractivity contribution in [1.29, 1.82) is 0 Å². The normalized spacial score (nSPS) is 20.8. The van der Waals surface area contributed by atoms with Gasteiger partial charge in [-0.3, -0.25) is 4.79 Å². The van der Waals surface area contributed by atoms with Gasteiger partial charge in [0.25, 0.3) is 0 Å². The third kappa shape index (κ3) is 4.14. The Hall–Kier alpha value is -2.57. The lowest BCUT2D eigenvalue weighted by molar-refractivity contribution is -0.122. The highest BCUT2D eigenvalue weighted by Crippen LogP contribution is 2.51. The Labute approximate surface area is 184 Å². The topological polar surface area (TPSA) is 79.0 Å². The zero-order valence-electron chi connectivity index (χ0n) is 18.8. The highest BCUT2D eigenvalue weighted by Gasteiger charge is 2.53. The van der Waals surface area contributed by atoms with Crippen LogP contribution in [0.5, 0.6) is 0 Å². The zero-order chi connectivity index (χ0) is 22.2. The van der Waals surface area contributed by atoms with E-state index in [1.54, 1.807) is 4.90 Å². The largest absolute Gasteiger partial charge is 0.444 e. The number of rotatable bonds is 2. The Bertz CT molecular complexity index is 862. The monoisotopic (exact) mass is 427 g/mol. The SMILES string of the molecule is CC(C)(C)OC(=O)N1CCC(CNC(=O)N2C(=O)C3(CCCC3)c3ccccc32)CC1. The van der Waals surface area contributed by atoms with Gasteiger partial charge in [-0.25, -0.2) is 14.5 Å². The number of carbonyl (C=O) groups excluding carboxylic acids is 3. The molecule has 1 saturated carbocycles. The first-order chi connectivity index (χ1) is 14.7. The molecule has 2 heterocycles. The molecule has 168 valence electrons. The molecule has 1 aromatic carbocycles. The smallest absolute Gasteiger partial charge is 0.410 e. The molecule has 1 N–H and O–H groups in total. The van der Waals surface area contributed by atoms with Crippen molar-refractivity contribution in [2.45, 2.75) is 70.3 Å². The number of nitrogens with one attached hydrogen (secondary N) is 1. The van der Waals surface area contributed by atoms with Gasteiger partial charge >= 0.3 is 12.1 Å². The van der Waals surface area contributed by atoms with E-state index in [1.165, 1.54) is 4.90 Å². The molecule has 1 spiro atoms. The quantitative estimate of drug-likeness (QED) is 0.767. The number of ether oxygens (including phenoxy) is 1. The maximum atomic E-state index is 13.3. The number of imide groups is 1. The number of hydrogen-bond acceptors (Lipinski definition) is 4. The number of piperidine rings is 1. The van der Waals surface area contributed by atoms with Gasteiger partial charge in [0.15, 0.2) is 0 Å². The molecule has 2 fully saturated rings. The second-order valence-corrected chi connectivity index (χ2v) is 10.0. The first-order valence-electron chi connectivity index (χ1n) is 11.4. The number of amides is 4. The summed E-state index contributed by atoms with van der Waals surface area (Å²) in [7, 11) is 0. The molecule has 0 aromatic heterocycles. The second kappa shape index (κ2) is 8.17. The number of nitrogens with zero attached hydrogens (tertiary/aromatic N) is 2. The van der Waals surface area contributed by atoms with Gasteiger partial charge in [0.05, 0.1) is 11.1 Å². The maximum Gasteiger partial charge on any atom is 0.410 e. The van der Waals surface area contributed by atoms with Gasteiger partial charge in [-0.2, -0.15) is 0 Å². The summed E-state index contributed by atoms with van der Waals surface area (Å²) in [5.41, 5.74) is 0.703. The van der Waals surface area contributed by atoms with Crippen LogP contribution in [0.15, 0.2) is 24.3 Å². The Kier molecular flexibility index (Phi) is 5.71. The van der Waals surface area contributed by atoms with Crippen LogP contribution in [-0.4, -0.2) is 48.2 Å². The molecule has 4 rings (SSSR count). The van der Waals surface area contributed by atoms with Crippen molar-refractivity contribution in [3.63, 3.8) is 0 Å². The van der Waals surface area contributed by atoms with Gasteiger partial charge in [-0.05, 0) is 64.0 Å². The standard InChI is InChI=1S/C24H33N3O4/c1-23(2,3)31-22(30)26-14-10-17(11-15-26)16-25-21(29)27-19-9-5-4-8-18(19)24(20(27)28)12-6-7-13-24/h4-5,8-9,17H,6-7,10-16H2,1-3H3,(H,25,29). The molecule has 3 aliphatic rings. The number of carbonyl (C=O) groups is 3. The highest BCUT2D eigenvalue weighted by atomic mass is 16.6. The number of fused-ring (bicyclic) bond motifs is 2. The minimum Gasteiger partial charge on any atom is -0.444 e. The van der Waals surface area contributed by atoms with Crippen molar-refractivity contribution in [2.75, 3.05) is 24.5 Å². The number of anilines is 1. The third-order valence-electron chi connectivity index (χ3n) is 6.74. The molecule has 7 heteroatoms. The Morgan fingerprint density at radius 1 is 1.13 bits per heavy atom. The summed E-state index contributed by atoms with van der Waals surface area (Å²) >= 11 is 0. The van der Waals surface area contributed by atoms with Crippen molar-refractivity contribution in [3.8, 4) is 0 Å². The Balaban J connectivity index is 1.34. The van der Waals surface area contributed by atoms with Gasteiger partial charge in [0, 0.05) is 19.6 Å². The summed E-state index contributed by atoms with van der Waals surface area (Å²) in [6.07, 6.45) is 4.99. The molecule has 1 saturated heterocycles. The fraction of sp³-hybridized carbons (Fsp3) is 0.625. The van der Waals surface area contributed by atoms with E-state index < -0.39 is 11.0 Å². The van der Waals surface area contributed by atoms with E-state index in [0.717, 1.165) is 49.8 Å². The number of para-hydroxylation sites is 1. The van der Waals surface area contributed by atoms with Crippen LogP contribution in [0.4, 0.5) is 15.3 Å². The van der Waals surface area contributed by atoms with Crippen LogP contribution < -0.4 is 10.2 Å². The van der Waals surface area contributed by atoms with Crippen LogP contribution in [-0.2, 0) is 14.9 Å². The molecular weight excluding hydrogens is 394 g/mol. The summed E-state index contributed by atoms with van der Waals surface area (Å²) in [6.45, 7) is 7.32. The van der Waals surface area contributed by atoms with Crippen LogP contribution in [0.25, 0.3) is 0 Å². The fourth-order valence-electron chi connectivity index (χ4n) is 5.13. The van der Waals surface area contributed by atoms with Gasteiger partial charge < -0.3 is 15.0 Å². The Morgan fingerprint density at radius 2 is 1.77 bits per heavy atom. The van der Waals surface area contributed by atoms with Crippen molar-refractivity contribution >= 4 is 23.7 Å². The molecule has 1 aromatic rings. The first-order valence-corrected chi connectivity index (χ1v) is 11.4. The summed E-state index contributed by atoms with van der Waals surface area (Å²) < 4.78 is 5.44. The molecule has 1 aliphatic carbocycles. The van der Waals surface area contributed by atoms with Gasteiger partial charge in [0.1, 0.15) is 5.60 Å². The minimum atomic E-state index is -0.521. The fourth-order valence-corrected chi connectivity index (χ4v) is 5.13. The van der Waals surface area contributed by atoms with E-state index in [0.29, 0.717) is 19.6 Å². The second-order valence-electron chi connectivity index (χ2n) is 10.0. The van der Waals surface area contributed by atoms with Gasteiger partial charge in [-0.1, -0.05) is 31.0 Å². The molecule has 0 radical (unpaired) electrons. The average molecular weight is 428 g/mol.